The van der Waals surface area contributed by atoms with E-state index in [-0.39, 0.29) is 0 Å². The summed E-state index contributed by atoms with van der Waals surface area (Å²) >= 11 is 0. The van der Waals surface area contributed by atoms with Gasteiger partial charge in [0.25, 0.3) is 0 Å². The first-order valence-electron chi connectivity index (χ1n) is 6.28. The summed E-state index contributed by atoms with van der Waals surface area (Å²) in [4.78, 5) is 9.25. The first kappa shape index (κ1) is 12.5. The Morgan fingerprint density at radius 3 is 2.71 bits per heavy atom. The maximum Gasteiger partial charge on any atom is 0.0644 e. The summed E-state index contributed by atoms with van der Waals surface area (Å²) in [5, 5.41) is 3.39. The molecular formula is C13H22N4. The number of nitrogens with zero attached hydrogens (tertiary/aromatic N) is 3. The lowest BCUT2D eigenvalue weighted by Crippen LogP contribution is -2.46. The first-order valence-corrected chi connectivity index (χ1v) is 6.28. The van der Waals surface area contributed by atoms with Gasteiger partial charge in [-0.1, -0.05) is 6.07 Å². The Morgan fingerprint density at radius 1 is 1.35 bits per heavy atom. The highest BCUT2D eigenvalue weighted by atomic mass is 15.2. The van der Waals surface area contributed by atoms with Gasteiger partial charge in [-0.3, -0.25) is 14.8 Å². The molecule has 0 amide bonds. The Kier molecular flexibility index (Phi) is 4.48. The van der Waals surface area contributed by atoms with E-state index >= 15 is 0 Å². The van der Waals surface area contributed by atoms with Gasteiger partial charge in [0.05, 0.1) is 11.7 Å². The SMILES string of the molecule is CN(C)C(CN1CCNCC1)c1ccccn1. The monoisotopic (exact) mass is 234 g/mol. The average Bonchev–Trinajstić information content (AvgIpc) is 2.38. The van der Waals surface area contributed by atoms with Crippen LogP contribution in [0.5, 0.6) is 0 Å². The van der Waals surface area contributed by atoms with Crippen molar-refractivity contribution in [2.75, 3.05) is 46.8 Å². The third-order valence-corrected chi connectivity index (χ3v) is 3.29. The number of pyridine rings is 1. The Hall–Kier alpha value is -0.970. The summed E-state index contributed by atoms with van der Waals surface area (Å²) < 4.78 is 0. The fraction of sp³-hybridized carbons (Fsp3) is 0.615. The minimum atomic E-state index is 0.384. The Labute approximate surface area is 104 Å². The molecule has 1 N–H and O–H groups in total. The van der Waals surface area contributed by atoms with Crippen molar-refractivity contribution in [1.29, 1.82) is 0 Å². The molecule has 2 heterocycles. The van der Waals surface area contributed by atoms with Gasteiger partial charge in [0.15, 0.2) is 0 Å². The molecule has 0 spiro atoms. The van der Waals surface area contributed by atoms with E-state index in [1.165, 1.54) is 0 Å². The van der Waals surface area contributed by atoms with Crippen LogP contribution in [0.25, 0.3) is 0 Å². The number of aromatic nitrogens is 1. The quantitative estimate of drug-likeness (QED) is 0.826. The van der Waals surface area contributed by atoms with Crippen molar-refractivity contribution in [3.8, 4) is 0 Å². The number of nitrogens with one attached hydrogen (secondary N) is 1. The number of rotatable bonds is 4. The zero-order valence-corrected chi connectivity index (χ0v) is 10.8. The fourth-order valence-electron chi connectivity index (χ4n) is 2.23. The molecule has 4 nitrogen and oxygen atoms in total. The summed E-state index contributed by atoms with van der Waals surface area (Å²) in [5.74, 6) is 0. The second-order valence-electron chi connectivity index (χ2n) is 4.78. The van der Waals surface area contributed by atoms with Crippen LogP contribution in [0, 0.1) is 0 Å². The van der Waals surface area contributed by atoms with Crippen LogP contribution in [-0.4, -0.2) is 61.6 Å². The van der Waals surface area contributed by atoms with Gasteiger partial charge in [-0.2, -0.15) is 0 Å². The molecular weight excluding hydrogens is 212 g/mol. The van der Waals surface area contributed by atoms with Gasteiger partial charge in [0.2, 0.25) is 0 Å². The summed E-state index contributed by atoms with van der Waals surface area (Å²) in [5.41, 5.74) is 1.16. The van der Waals surface area contributed by atoms with Crippen molar-refractivity contribution in [3.05, 3.63) is 30.1 Å². The van der Waals surface area contributed by atoms with E-state index in [0.717, 1.165) is 38.4 Å². The van der Waals surface area contributed by atoms with Gasteiger partial charge < -0.3 is 5.32 Å². The van der Waals surface area contributed by atoms with Crippen molar-refractivity contribution < 1.29 is 0 Å². The smallest absolute Gasteiger partial charge is 0.0644 e. The topological polar surface area (TPSA) is 31.4 Å². The van der Waals surface area contributed by atoms with E-state index in [4.69, 9.17) is 0 Å². The normalized spacial score (nSPS) is 19.5. The van der Waals surface area contributed by atoms with E-state index in [2.05, 4.69) is 46.3 Å². The molecule has 2 rings (SSSR count). The van der Waals surface area contributed by atoms with E-state index < -0.39 is 0 Å². The van der Waals surface area contributed by atoms with Gasteiger partial charge in [0, 0.05) is 38.9 Å². The number of hydrogen-bond acceptors (Lipinski definition) is 4. The van der Waals surface area contributed by atoms with Crippen molar-refractivity contribution in [2.45, 2.75) is 6.04 Å². The van der Waals surface area contributed by atoms with Crippen LogP contribution in [0.1, 0.15) is 11.7 Å². The summed E-state index contributed by atoms with van der Waals surface area (Å²) in [6.07, 6.45) is 1.88. The van der Waals surface area contributed by atoms with Crippen LogP contribution in [0.2, 0.25) is 0 Å². The van der Waals surface area contributed by atoms with Crippen molar-refractivity contribution in [2.24, 2.45) is 0 Å². The molecule has 0 aliphatic carbocycles. The van der Waals surface area contributed by atoms with Crippen molar-refractivity contribution >= 4 is 0 Å². The van der Waals surface area contributed by atoms with Gasteiger partial charge >= 0.3 is 0 Å². The van der Waals surface area contributed by atoms with Crippen LogP contribution in [0.15, 0.2) is 24.4 Å². The molecule has 0 saturated carbocycles. The highest BCUT2D eigenvalue weighted by Gasteiger charge is 2.20. The Bertz CT molecular complexity index is 319. The lowest BCUT2D eigenvalue weighted by molar-refractivity contribution is 0.166. The lowest BCUT2D eigenvalue weighted by Gasteiger charge is -2.33. The van der Waals surface area contributed by atoms with Gasteiger partial charge in [0.1, 0.15) is 0 Å². The zero-order valence-electron chi connectivity index (χ0n) is 10.8. The van der Waals surface area contributed by atoms with E-state index in [9.17, 15) is 0 Å². The van der Waals surface area contributed by atoms with Crippen molar-refractivity contribution in [3.63, 3.8) is 0 Å². The molecule has 1 unspecified atom stereocenters. The molecule has 1 saturated heterocycles. The molecule has 94 valence electrons. The minimum absolute atomic E-state index is 0.384. The van der Waals surface area contributed by atoms with Crippen LogP contribution in [0.3, 0.4) is 0 Å². The minimum Gasteiger partial charge on any atom is -0.314 e. The molecule has 1 aromatic rings. The predicted octanol–water partition coefficient (Wildman–Crippen LogP) is 0.590. The zero-order chi connectivity index (χ0) is 12.1. The summed E-state index contributed by atoms with van der Waals surface area (Å²) in [6, 6.07) is 6.54. The lowest BCUT2D eigenvalue weighted by atomic mass is 10.1. The molecule has 1 atom stereocenters. The van der Waals surface area contributed by atoms with Crippen LogP contribution in [0.4, 0.5) is 0 Å². The molecule has 1 aliphatic heterocycles. The largest absolute Gasteiger partial charge is 0.314 e. The third-order valence-electron chi connectivity index (χ3n) is 3.29. The maximum absolute atomic E-state index is 4.48. The van der Waals surface area contributed by atoms with Crippen LogP contribution >= 0.6 is 0 Å². The molecule has 4 heteroatoms. The van der Waals surface area contributed by atoms with Crippen LogP contribution in [-0.2, 0) is 0 Å². The number of piperazine rings is 1. The third kappa shape index (κ3) is 3.49. The predicted molar refractivity (Wildman–Crippen MR) is 70.0 cm³/mol. The van der Waals surface area contributed by atoms with E-state index in [1.807, 2.05) is 12.3 Å². The standard InChI is InChI=1S/C13H22N4/c1-16(2)13(12-5-3-4-6-15-12)11-17-9-7-14-8-10-17/h3-6,13-14H,7-11H2,1-2H3. The van der Waals surface area contributed by atoms with Crippen molar-refractivity contribution in [1.82, 2.24) is 20.1 Å². The van der Waals surface area contributed by atoms with Crippen LogP contribution < -0.4 is 5.32 Å². The van der Waals surface area contributed by atoms with E-state index in [0.29, 0.717) is 6.04 Å². The molecule has 0 radical (unpaired) electrons. The summed E-state index contributed by atoms with van der Waals surface area (Å²) in [7, 11) is 4.25. The van der Waals surface area contributed by atoms with Gasteiger partial charge in [-0.15, -0.1) is 0 Å². The molecule has 0 bridgehead atoms. The van der Waals surface area contributed by atoms with E-state index in [1.54, 1.807) is 0 Å². The average molecular weight is 234 g/mol. The number of hydrogen-bond donors (Lipinski definition) is 1. The molecule has 1 aliphatic rings. The molecule has 1 fully saturated rings. The first-order chi connectivity index (χ1) is 8.27. The van der Waals surface area contributed by atoms with Gasteiger partial charge in [-0.05, 0) is 26.2 Å². The second-order valence-corrected chi connectivity index (χ2v) is 4.78. The fourth-order valence-corrected chi connectivity index (χ4v) is 2.23. The maximum atomic E-state index is 4.48. The summed E-state index contributed by atoms with van der Waals surface area (Å²) in [6.45, 7) is 5.53. The Morgan fingerprint density at radius 2 is 2.12 bits per heavy atom. The highest BCUT2D eigenvalue weighted by Crippen LogP contribution is 2.17. The van der Waals surface area contributed by atoms with Gasteiger partial charge in [-0.25, -0.2) is 0 Å². The Balaban J connectivity index is 2.02. The molecule has 17 heavy (non-hydrogen) atoms. The second kappa shape index (κ2) is 6.10. The molecule has 1 aromatic heterocycles. The highest BCUT2D eigenvalue weighted by molar-refractivity contribution is 5.09. The molecule has 0 aromatic carbocycles. The number of likely N-dealkylation sites (N-methyl/N-ethyl adjacent to an activating group) is 1.